The van der Waals surface area contributed by atoms with E-state index in [2.05, 4.69) is 10.3 Å². The number of aromatic nitrogens is 1. The molecule has 0 aromatic carbocycles. The molecule has 0 fully saturated rings. The zero-order chi connectivity index (χ0) is 12.9. The molecule has 0 aliphatic carbocycles. The highest BCUT2D eigenvalue weighted by molar-refractivity contribution is 5.95. The molecule has 17 heavy (non-hydrogen) atoms. The van der Waals surface area contributed by atoms with Crippen molar-refractivity contribution >= 4 is 12.0 Å². The number of hydrogen-bond acceptors (Lipinski definition) is 3. The summed E-state index contributed by atoms with van der Waals surface area (Å²) in [6.07, 6.45) is 3.28. The zero-order valence-electron chi connectivity index (χ0n) is 10.7. The average molecular weight is 234 g/mol. The van der Waals surface area contributed by atoms with Gasteiger partial charge in [0.25, 0.3) is 5.91 Å². The Morgan fingerprint density at radius 1 is 1.41 bits per heavy atom. The maximum Gasteiger partial charge on any atom is 0.286 e. The van der Waals surface area contributed by atoms with Crippen LogP contribution in [-0.4, -0.2) is 23.5 Å². The van der Waals surface area contributed by atoms with Crippen molar-refractivity contribution in [2.45, 2.75) is 26.3 Å². The topological polar surface area (TPSA) is 51.2 Å². The van der Waals surface area contributed by atoms with Crippen LogP contribution >= 0.6 is 0 Å². The molecule has 4 heteroatoms. The zero-order valence-corrected chi connectivity index (χ0v) is 10.7. The standard InChI is InChI=1S/C13H18N2O2/c1-13(2,3)15-12(16)11(17-4)9-10-7-5-6-8-14-10/h5-9H,1-4H3,(H,15,16)/b11-9+. The Balaban J connectivity index is 2.85. The van der Waals surface area contributed by atoms with Gasteiger partial charge in [0.15, 0.2) is 5.76 Å². The summed E-state index contributed by atoms with van der Waals surface area (Å²) in [5.74, 6) is 0.00396. The van der Waals surface area contributed by atoms with Crippen LogP contribution < -0.4 is 5.32 Å². The first kappa shape index (κ1) is 13.2. The van der Waals surface area contributed by atoms with Crippen LogP contribution in [0.5, 0.6) is 0 Å². The molecule has 0 radical (unpaired) electrons. The van der Waals surface area contributed by atoms with E-state index in [4.69, 9.17) is 4.74 Å². The largest absolute Gasteiger partial charge is 0.491 e. The summed E-state index contributed by atoms with van der Waals surface area (Å²) in [5.41, 5.74) is 0.396. The van der Waals surface area contributed by atoms with E-state index in [0.717, 1.165) is 0 Å². The molecule has 0 aliphatic heterocycles. The van der Waals surface area contributed by atoms with Gasteiger partial charge in [-0.1, -0.05) is 6.07 Å². The minimum atomic E-state index is -0.293. The summed E-state index contributed by atoms with van der Waals surface area (Å²) < 4.78 is 5.07. The lowest BCUT2D eigenvalue weighted by Crippen LogP contribution is -2.41. The van der Waals surface area contributed by atoms with Gasteiger partial charge in [-0.3, -0.25) is 9.78 Å². The second-order valence-electron chi connectivity index (χ2n) is 4.67. The third kappa shape index (κ3) is 4.68. The number of methoxy groups -OCH3 is 1. The van der Waals surface area contributed by atoms with E-state index < -0.39 is 0 Å². The van der Waals surface area contributed by atoms with Gasteiger partial charge < -0.3 is 10.1 Å². The maximum atomic E-state index is 11.9. The molecular formula is C13H18N2O2. The molecule has 0 saturated heterocycles. The van der Waals surface area contributed by atoms with E-state index in [9.17, 15) is 4.79 Å². The van der Waals surface area contributed by atoms with Gasteiger partial charge >= 0.3 is 0 Å². The van der Waals surface area contributed by atoms with Crippen molar-refractivity contribution in [3.05, 3.63) is 35.8 Å². The summed E-state index contributed by atoms with van der Waals surface area (Å²) in [5, 5.41) is 2.83. The number of carbonyl (C=O) groups excluding carboxylic acids is 1. The Morgan fingerprint density at radius 3 is 2.59 bits per heavy atom. The van der Waals surface area contributed by atoms with Crippen molar-refractivity contribution in [2.24, 2.45) is 0 Å². The first-order chi connectivity index (χ1) is 7.92. The lowest BCUT2D eigenvalue weighted by molar-refractivity contribution is -0.121. The lowest BCUT2D eigenvalue weighted by Gasteiger charge is -2.20. The number of rotatable bonds is 3. The molecule has 1 heterocycles. The van der Waals surface area contributed by atoms with Crippen LogP contribution in [-0.2, 0) is 9.53 Å². The predicted octanol–water partition coefficient (Wildman–Crippen LogP) is 1.98. The summed E-state index contributed by atoms with van der Waals surface area (Å²) in [7, 11) is 1.47. The van der Waals surface area contributed by atoms with E-state index >= 15 is 0 Å². The van der Waals surface area contributed by atoms with Crippen LogP contribution in [0.25, 0.3) is 6.08 Å². The van der Waals surface area contributed by atoms with Crippen LogP contribution in [0.15, 0.2) is 30.2 Å². The van der Waals surface area contributed by atoms with Gasteiger partial charge in [0.05, 0.1) is 12.8 Å². The molecule has 0 atom stereocenters. The molecular weight excluding hydrogens is 216 g/mol. The number of hydrogen-bond donors (Lipinski definition) is 1. The van der Waals surface area contributed by atoms with Crippen LogP contribution in [0, 0.1) is 0 Å². The highest BCUT2D eigenvalue weighted by Crippen LogP contribution is 2.07. The molecule has 0 saturated carbocycles. The molecule has 1 rings (SSSR count). The van der Waals surface area contributed by atoms with Crippen molar-refractivity contribution in [1.82, 2.24) is 10.3 Å². The maximum absolute atomic E-state index is 11.9. The molecule has 4 nitrogen and oxygen atoms in total. The third-order valence-electron chi connectivity index (χ3n) is 1.90. The molecule has 0 unspecified atom stereocenters. The van der Waals surface area contributed by atoms with Gasteiger partial charge in [-0.15, -0.1) is 0 Å². The Morgan fingerprint density at radius 2 is 2.12 bits per heavy atom. The third-order valence-corrected chi connectivity index (χ3v) is 1.90. The minimum absolute atomic E-state index is 0.245. The Bertz CT molecular complexity index is 405. The second kappa shape index (κ2) is 5.48. The molecule has 0 aliphatic rings. The molecule has 92 valence electrons. The fraction of sp³-hybridized carbons (Fsp3) is 0.385. The summed E-state index contributed by atoms with van der Waals surface area (Å²) >= 11 is 0. The molecule has 1 amide bonds. The quantitative estimate of drug-likeness (QED) is 0.642. The molecule has 0 spiro atoms. The number of ether oxygens (including phenoxy) is 1. The summed E-state index contributed by atoms with van der Waals surface area (Å²) in [4.78, 5) is 16.0. The lowest BCUT2D eigenvalue weighted by atomic mass is 10.1. The summed E-state index contributed by atoms with van der Waals surface area (Å²) in [6, 6.07) is 5.48. The van der Waals surface area contributed by atoms with Crippen molar-refractivity contribution < 1.29 is 9.53 Å². The SMILES string of the molecule is CO/C(=C/c1ccccn1)C(=O)NC(C)(C)C. The Hall–Kier alpha value is -1.84. The number of nitrogens with zero attached hydrogens (tertiary/aromatic N) is 1. The van der Waals surface area contributed by atoms with Gasteiger partial charge in [-0.25, -0.2) is 0 Å². The predicted molar refractivity (Wildman–Crippen MR) is 67.1 cm³/mol. The normalized spacial score (nSPS) is 12.1. The van der Waals surface area contributed by atoms with Crippen LogP contribution in [0.4, 0.5) is 0 Å². The highest BCUT2D eigenvalue weighted by atomic mass is 16.5. The van der Waals surface area contributed by atoms with E-state index in [1.165, 1.54) is 7.11 Å². The number of amides is 1. The molecule has 1 aromatic heterocycles. The van der Waals surface area contributed by atoms with Gasteiger partial charge in [-0.2, -0.15) is 0 Å². The monoisotopic (exact) mass is 234 g/mol. The second-order valence-corrected chi connectivity index (χ2v) is 4.67. The van der Waals surface area contributed by atoms with E-state index in [-0.39, 0.29) is 17.2 Å². The molecule has 0 bridgehead atoms. The van der Waals surface area contributed by atoms with Gasteiger partial charge in [-0.05, 0) is 32.9 Å². The first-order valence-electron chi connectivity index (χ1n) is 5.41. The smallest absolute Gasteiger partial charge is 0.286 e. The van der Waals surface area contributed by atoms with Crippen molar-refractivity contribution in [3.63, 3.8) is 0 Å². The van der Waals surface area contributed by atoms with Crippen molar-refractivity contribution in [1.29, 1.82) is 0 Å². The number of pyridine rings is 1. The van der Waals surface area contributed by atoms with Crippen molar-refractivity contribution in [3.8, 4) is 0 Å². The van der Waals surface area contributed by atoms with Crippen LogP contribution in [0.1, 0.15) is 26.5 Å². The van der Waals surface area contributed by atoms with Gasteiger partial charge in [0.2, 0.25) is 0 Å². The van der Waals surface area contributed by atoms with Crippen LogP contribution in [0.3, 0.4) is 0 Å². The first-order valence-corrected chi connectivity index (χ1v) is 5.41. The molecule has 1 N–H and O–H groups in total. The van der Waals surface area contributed by atoms with E-state index in [1.54, 1.807) is 12.3 Å². The summed E-state index contributed by atoms with van der Waals surface area (Å²) in [6.45, 7) is 5.75. The van der Waals surface area contributed by atoms with Crippen LogP contribution in [0.2, 0.25) is 0 Å². The Kier molecular flexibility index (Phi) is 4.26. The minimum Gasteiger partial charge on any atom is -0.491 e. The van der Waals surface area contributed by atoms with E-state index in [0.29, 0.717) is 5.69 Å². The molecule has 1 aromatic rings. The number of nitrogens with one attached hydrogen (secondary N) is 1. The van der Waals surface area contributed by atoms with Crippen molar-refractivity contribution in [2.75, 3.05) is 7.11 Å². The fourth-order valence-electron chi connectivity index (χ4n) is 1.22. The highest BCUT2D eigenvalue weighted by Gasteiger charge is 2.17. The Labute approximate surface area is 102 Å². The number of carbonyl (C=O) groups is 1. The average Bonchev–Trinajstić information content (AvgIpc) is 2.24. The van der Waals surface area contributed by atoms with Gasteiger partial charge in [0.1, 0.15) is 0 Å². The van der Waals surface area contributed by atoms with Gasteiger partial charge in [0, 0.05) is 17.8 Å². The fourth-order valence-corrected chi connectivity index (χ4v) is 1.22. The van der Waals surface area contributed by atoms with E-state index in [1.807, 2.05) is 39.0 Å².